The molecule has 84 valence electrons. The Labute approximate surface area is 93.7 Å². The number of nitrogen functional groups attached to an aromatic ring is 1. The van der Waals surface area contributed by atoms with Crippen molar-refractivity contribution in [1.29, 1.82) is 0 Å². The number of benzene rings is 1. The van der Waals surface area contributed by atoms with Crippen molar-refractivity contribution in [2.24, 2.45) is 7.05 Å². The first kappa shape index (κ1) is 10.7. The van der Waals surface area contributed by atoms with Gasteiger partial charge in [-0.3, -0.25) is 9.36 Å². The first-order valence-electron chi connectivity index (χ1n) is 5.27. The molecule has 0 aliphatic carbocycles. The van der Waals surface area contributed by atoms with Crippen LogP contribution in [0.15, 0.2) is 23.0 Å². The van der Waals surface area contributed by atoms with E-state index in [1.54, 1.807) is 29.8 Å². The third-order valence-corrected chi connectivity index (χ3v) is 2.65. The molecular weight excluding hydrogens is 202 g/mol. The van der Waals surface area contributed by atoms with Crippen LogP contribution in [0.25, 0.3) is 10.9 Å². The Bertz CT molecular complexity index is 599. The average Bonchev–Trinajstić information content (AvgIpc) is 2.23. The first-order chi connectivity index (χ1) is 7.50. The van der Waals surface area contributed by atoms with Gasteiger partial charge in [0.2, 0.25) is 0 Å². The van der Waals surface area contributed by atoms with Gasteiger partial charge in [0.05, 0.1) is 10.9 Å². The fourth-order valence-electron chi connectivity index (χ4n) is 1.82. The predicted molar refractivity (Wildman–Crippen MR) is 65.5 cm³/mol. The lowest BCUT2D eigenvalue weighted by molar-refractivity contribution is 0.676. The number of nitrogens with two attached hydrogens (primary N) is 1. The lowest BCUT2D eigenvalue weighted by Crippen LogP contribution is -2.23. The van der Waals surface area contributed by atoms with E-state index in [1.807, 2.05) is 13.8 Å². The lowest BCUT2D eigenvalue weighted by atomic mass is 10.1. The topological polar surface area (TPSA) is 60.9 Å². The van der Waals surface area contributed by atoms with Gasteiger partial charge in [0, 0.05) is 18.7 Å². The molecule has 0 atom stereocenters. The summed E-state index contributed by atoms with van der Waals surface area (Å²) in [6, 6.07) is 5.23. The molecular formula is C12H15N3O. The Hall–Kier alpha value is -1.84. The minimum absolute atomic E-state index is 0.0407. The number of hydrogen-bond donors (Lipinski definition) is 1. The highest BCUT2D eigenvalue weighted by Gasteiger charge is 2.10. The second-order valence-electron chi connectivity index (χ2n) is 4.27. The van der Waals surface area contributed by atoms with E-state index in [1.165, 1.54) is 0 Å². The molecule has 4 nitrogen and oxygen atoms in total. The van der Waals surface area contributed by atoms with Gasteiger partial charge in [0.1, 0.15) is 5.82 Å². The number of nitrogens with zero attached hydrogens (tertiary/aromatic N) is 2. The van der Waals surface area contributed by atoms with E-state index >= 15 is 0 Å². The highest BCUT2D eigenvalue weighted by atomic mass is 16.1. The molecule has 0 amide bonds. The summed E-state index contributed by atoms with van der Waals surface area (Å²) in [7, 11) is 1.74. The number of fused-ring (bicyclic) bond motifs is 1. The molecule has 0 fully saturated rings. The fourth-order valence-corrected chi connectivity index (χ4v) is 1.82. The molecule has 1 aromatic carbocycles. The van der Waals surface area contributed by atoms with Gasteiger partial charge in [-0.1, -0.05) is 13.8 Å². The molecule has 1 heterocycles. The second kappa shape index (κ2) is 3.63. The van der Waals surface area contributed by atoms with Crippen molar-refractivity contribution >= 4 is 16.6 Å². The zero-order valence-electron chi connectivity index (χ0n) is 9.69. The van der Waals surface area contributed by atoms with E-state index < -0.39 is 0 Å². The molecule has 2 rings (SSSR count). The summed E-state index contributed by atoms with van der Waals surface area (Å²) in [6.07, 6.45) is 0. The Balaban J connectivity index is 2.88. The molecule has 4 heteroatoms. The Morgan fingerprint density at radius 3 is 2.69 bits per heavy atom. The van der Waals surface area contributed by atoms with Crippen LogP contribution < -0.4 is 11.3 Å². The highest BCUT2D eigenvalue weighted by Crippen LogP contribution is 2.16. The Morgan fingerprint density at radius 1 is 1.38 bits per heavy atom. The standard InChI is InChI=1S/C12H15N3O/c1-7(2)11-14-10-5-4-8(13)6-9(10)12(16)15(11)3/h4-7H,13H2,1-3H3. The van der Waals surface area contributed by atoms with Crippen LogP contribution in [-0.4, -0.2) is 9.55 Å². The largest absolute Gasteiger partial charge is 0.399 e. The van der Waals surface area contributed by atoms with Crippen molar-refractivity contribution in [3.05, 3.63) is 34.4 Å². The normalized spacial score (nSPS) is 11.2. The molecule has 0 saturated carbocycles. The predicted octanol–water partition coefficient (Wildman–Crippen LogP) is 1.64. The van der Waals surface area contributed by atoms with Gasteiger partial charge in [0.25, 0.3) is 5.56 Å². The van der Waals surface area contributed by atoms with Gasteiger partial charge in [-0.05, 0) is 18.2 Å². The van der Waals surface area contributed by atoms with Crippen molar-refractivity contribution < 1.29 is 0 Å². The minimum Gasteiger partial charge on any atom is -0.399 e. The van der Waals surface area contributed by atoms with Crippen LogP contribution in [0.3, 0.4) is 0 Å². The van der Waals surface area contributed by atoms with Crippen LogP contribution >= 0.6 is 0 Å². The van der Waals surface area contributed by atoms with Crippen LogP contribution in [0.2, 0.25) is 0 Å². The quantitative estimate of drug-likeness (QED) is 0.739. The summed E-state index contributed by atoms with van der Waals surface area (Å²) in [5.74, 6) is 1.02. The van der Waals surface area contributed by atoms with Gasteiger partial charge >= 0.3 is 0 Å². The van der Waals surface area contributed by atoms with Gasteiger partial charge in [-0.2, -0.15) is 0 Å². The molecule has 0 radical (unpaired) electrons. The average molecular weight is 217 g/mol. The van der Waals surface area contributed by atoms with Gasteiger partial charge in [-0.15, -0.1) is 0 Å². The van der Waals surface area contributed by atoms with E-state index in [-0.39, 0.29) is 11.5 Å². The van der Waals surface area contributed by atoms with Crippen LogP contribution in [0.4, 0.5) is 5.69 Å². The number of anilines is 1. The molecule has 0 saturated heterocycles. The first-order valence-corrected chi connectivity index (χ1v) is 5.27. The van der Waals surface area contributed by atoms with Crippen LogP contribution in [-0.2, 0) is 7.05 Å². The summed E-state index contributed by atoms with van der Waals surface area (Å²) < 4.78 is 1.59. The monoisotopic (exact) mass is 217 g/mol. The minimum atomic E-state index is -0.0407. The van der Waals surface area contributed by atoms with Crippen molar-refractivity contribution in [2.75, 3.05) is 5.73 Å². The molecule has 0 aliphatic rings. The van der Waals surface area contributed by atoms with Crippen LogP contribution in [0.5, 0.6) is 0 Å². The second-order valence-corrected chi connectivity index (χ2v) is 4.27. The van der Waals surface area contributed by atoms with Crippen LogP contribution in [0, 0.1) is 0 Å². The smallest absolute Gasteiger partial charge is 0.261 e. The van der Waals surface area contributed by atoms with E-state index in [2.05, 4.69) is 4.98 Å². The van der Waals surface area contributed by atoms with Gasteiger partial charge < -0.3 is 5.73 Å². The van der Waals surface area contributed by atoms with Crippen molar-refractivity contribution in [3.8, 4) is 0 Å². The molecule has 0 spiro atoms. The SMILES string of the molecule is CC(C)c1nc2ccc(N)cc2c(=O)n1C. The number of hydrogen-bond acceptors (Lipinski definition) is 3. The van der Waals surface area contributed by atoms with E-state index in [9.17, 15) is 4.79 Å². The molecule has 0 aliphatic heterocycles. The van der Waals surface area contributed by atoms with Crippen molar-refractivity contribution in [1.82, 2.24) is 9.55 Å². The summed E-state index contributed by atoms with van der Waals surface area (Å²) in [5.41, 5.74) is 6.92. The maximum absolute atomic E-state index is 12.1. The third kappa shape index (κ3) is 1.56. The van der Waals surface area contributed by atoms with Crippen LogP contribution in [0.1, 0.15) is 25.6 Å². The van der Waals surface area contributed by atoms with Crippen molar-refractivity contribution in [3.63, 3.8) is 0 Å². The third-order valence-electron chi connectivity index (χ3n) is 2.65. The molecule has 0 bridgehead atoms. The van der Waals surface area contributed by atoms with E-state index in [0.717, 1.165) is 5.82 Å². The lowest BCUT2D eigenvalue weighted by Gasteiger charge is -2.11. The molecule has 1 aromatic heterocycles. The molecule has 16 heavy (non-hydrogen) atoms. The summed E-state index contributed by atoms with van der Waals surface area (Å²) >= 11 is 0. The van der Waals surface area contributed by atoms with Gasteiger partial charge in [0.15, 0.2) is 0 Å². The van der Waals surface area contributed by atoms with E-state index in [0.29, 0.717) is 16.6 Å². The van der Waals surface area contributed by atoms with Crippen molar-refractivity contribution in [2.45, 2.75) is 19.8 Å². The van der Waals surface area contributed by atoms with Gasteiger partial charge in [-0.25, -0.2) is 4.98 Å². The molecule has 2 aromatic rings. The fraction of sp³-hybridized carbons (Fsp3) is 0.333. The number of rotatable bonds is 1. The zero-order chi connectivity index (χ0) is 11.9. The molecule has 2 N–H and O–H groups in total. The Kier molecular flexibility index (Phi) is 2.42. The van der Waals surface area contributed by atoms with E-state index in [4.69, 9.17) is 5.73 Å². The summed E-state index contributed by atoms with van der Waals surface area (Å²) in [4.78, 5) is 16.6. The Morgan fingerprint density at radius 2 is 2.06 bits per heavy atom. The highest BCUT2D eigenvalue weighted by molar-refractivity contribution is 5.81. The number of aromatic nitrogens is 2. The maximum atomic E-state index is 12.1. The summed E-state index contributed by atoms with van der Waals surface area (Å²) in [6.45, 7) is 4.04. The maximum Gasteiger partial charge on any atom is 0.261 e. The zero-order valence-corrected chi connectivity index (χ0v) is 9.69. The summed E-state index contributed by atoms with van der Waals surface area (Å²) in [5, 5.41) is 0.576. The molecule has 0 unspecified atom stereocenters.